The summed E-state index contributed by atoms with van der Waals surface area (Å²) in [5.74, 6) is 0. The zero-order chi connectivity index (χ0) is 37.9. The maximum atomic E-state index is 6.27. The number of fused-ring (bicyclic) bond motifs is 12. The molecule has 0 saturated carbocycles. The largest absolute Gasteiger partial charge is 0.456 e. The number of nitrogens with zero attached hydrogens (tertiary/aromatic N) is 2. The summed E-state index contributed by atoms with van der Waals surface area (Å²) in [4.78, 5) is 0. The van der Waals surface area contributed by atoms with E-state index in [4.69, 9.17) is 4.42 Å². The Hall–Kier alpha value is -7.40. The number of thiophene rings is 1. The molecule has 0 bridgehead atoms. The van der Waals surface area contributed by atoms with E-state index in [9.17, 15) is 0 Å². The highest BCUT2D eigenvalue weighted by Crippen LogP contribution is 2.45. The molecule has 0 saturated heterocycles. The van der Waals surface area contributed by atoms with Gasteiger partial charge >= 0.3 is 0 Å². The molecule has 3 nitrogen and oxygen atoms in total. The summed E-state index contributed by atoms with van der Waals surface area (Å²) in [6.45, 7) is 0. The molecule has 0 amide bonds. The van der Waals surface area contributed by atoms with E-state index in [1.165, 1.54) is 86.0 Å². The van der Waals surface area contributed by atoms with Crippen molar-refractivity contribution < 1.29 is 4.42 Å². The fourth-order valence-electron chi connectivity index (χ4n) is 9.51. The number of hydrogen-bond acceptors (Lipinski definition) is 2. The Kier molecular flexibility index (Phi) is 6.60. The fraction of sp³-hybridized carbons (Fsp3) is 0. The van der Waals surface area contributed by atoms with Gasteiger partial charge in [0, 0.05) is 63.9 Å². The van der Waals surface area contributed by atoms with Crippen molar-refractivity contribution in [3.8, 4) is 33.6 Å². The smallest absolute Gasteiger partial charge is 0.135 e. The van der Waals surface area contributed by atoms with Gasteiger partial charge in [-0.3, -0.25) is 0 Å². The molecule has 0 aliphatic rings. The van der Waals surface area contributed by atoms with E-state index in [1.54, 1.807) is 0 Å². The van der Waals surface area contributed by atoms with Crippen LogP contribution in [0.15, 0.2) is 199 Å². The number of para-hydroxylation sites is 4. The summed E-state index contributed by atoms with van der Waals surface area (Å²) in [5, 5.41) is 9.79. The van der Waals surface area contributed by atoms with Crippen molar-refractivity contribution in [2.24, 2.45) is 0 Å². The van der Waals surface area contributed by atoms with Crippen LogP contribution in [0.25, 0.3) is 119 Å². The first-order chi connectivity index (χ1) is 28.7. The number of hydrogen-bond donors (Lipinski definition) is 0. The zero-order valence-corrected chi connectivity index (χ0v) is 32.0. The third kappa shape index (κ3) is 4.55. The lowest BCUT2D eigenvalue weighted by Crippen LogP contribution is -1.95. The Labute approximate surface area is 336 Å². The van der Waals surface area contributed by atoms with Crippen LogP contribution in [0, 0.1) is 0 Å². The molecule has 270 valence electrons. The summed E-state index contributed by atoms with van der Waals surface area (Å²) < 4.78 is 13.7. The highest BCUT2D eigenvalue weighted by atomic mass is 32.1. The molecular formula is C54H32N2OS. The molecule has 0 N–H and O–H groups in total. The van der Waals surface area contributed by atoms with E-state index < -0.39 is 0 Å². The molecule has 13 aromatic rings. The van der Waals surface area contributed by atoms with Gasteiger partial charge in [-0.15, -0.1) is 11.3 Å². The fourth-order valence-corrected chi connectivity index (χ4v) is 10.6. The second-order valence-corrected chi connectivity index (χ2v) is 16.4. The summed E-state index contributed by atoms with van der Waals surface area (Å²) >= 11 is 1.86. The van der Waals surface area contributed by atoms with E-state index in [1.807, 2.05) is 23.5 Å². The topological polar surface area (TPSA) is 23.0 Å². The van der Waals surface area contributed by atoms with Crippen LogP contribution in [-0.2, 0) is 0 Å². The first kappa shape index (κ1) is 31.8. The molecule has 58 heavy (non-hydrogen) atoms. The van der Waals surface area contributed by atoms with E-state index in [2.05, 4.69) is 191 Å². The minimum atomic E-state index is 0.897. The summed E-state index contributed by atoms with van der Waals surface area (Å²) in [7, 11) is 0. The average Bonchev–Trinajstić information content (AvgIpc) is 4.03. The van der Waals surface area contributed by atoms with Gasteiger partial charge in [0.15, 0.2) is 0 Å². The summed E-state index contributed by atoms with van der Waals surface area (Å²) in [6, 6.07) is 71.0. The van der Waals surface area contributed by atoms with Crippen LogP contribution >= 0.6 is 11.3 Å². The SMILES string of the molecule is c1ccc(-n2c3ccccc3c3cc(-c4ccc5sc6ccccc6c5c4)c(-c4ccc5c6ccccc6n(-c6ccc7oc8ccccc8c7c6)c5c4)cc32)cc1. The summed E-state index contributed by atoms with van der Waals surface area (Å²) in [5.41, 5.74) is 13.6. The third-order valence-electron chi connectivity index (χ3n) is 12.1. The lowest BCUT2D eigenvalue weighted by molar-refractivity contribution is 0.669. The Bertz CT molecular complexity index is 3800. The highest BCUT2D eigenvalue weighted by molar-refractivity contribution is 7.25. The van der Waals surface area contributed by atoms with Gasteiger partial charge in [0.2, 0.25) is 0 Å². The average molecular weight is 757 g/mol. The normalized spacial score (nSPS) is 12.1. The predicted octanol–water partition coefficient (Wildman–Crippen LogP) is 15.5. The van der Waals surface area contributed by atoms with Crippen molar-refractivity contribution in [1.82, 2.24) is 9.13 Å². The molecule has 0 aliphatic heterocycles. The van der Waals surface area contributed by atoms with Crippen LogP contribution in [0.2, 0.25) is 0 Å². The Balaban J connectivity index is 1.12. The monoisotopic (exact) mass is 756 g/mol. The second-order valence-electron chi connectivity index (χ2n) is 15.3. The molecule has 0 radical (unpaired) electrons. The summed E-state index contributed by atoms with van der Waals surface area (Å²) in [6.07, 6.45) is 0. The van der Waals surface area contributed by atoms with Crippen LogP contribution in [0.4, 0.5) is 0 Å². The van der Waals surface area contributed by atoms with Crippen LogP contribution in [-0.4, -0.2) is 9.13 Å². The maximum absolute atomic E-state index is 6.27. The van der Waals surface area contributed by atoms with Crippen LogP contribution in [0.1, 0.15) is 0 Å². The first-order valence-corrected chi connectivity index (χ1v) is 20.6. The number of benzene rings is 9. The minimum absolute atomic E-state index is 0.897. The lowest BCUT2D eigenvalue weighted by Gasteiger charge is -2.15. The van der Waals surface area contributed by atoms with E-state index in [-0.39, 0.29) is 0 Å². The Morgan fingerprint density at radius 1 is 0.310 bits per heavy atom. The molecule has 4 aromatic heterocycles. The van der Waals surface area contributed by atoms with Crippen molar-refractivity contribution in [2.45, 2.75) is 0 Å². The van der Waals surface area contributed by atoms with Crippen molar-refractivity contribution in [1.29, 1.82) is 0 Å². The Morgan fingerprint density at radius 3 is 1.74 bits per heavy atom. The zero-order valence-electron chi connectivity index (χ0n) is 31.2. The van der Waals surface area contributed by atoms with Gasteiger partial charge in [0.25, 0.3) is 0 Å². The number of rotatable bonds is 4. The first-order valence-electron chi connectivity index (χ1n) is 19.7. The molecule has 0 unspecified atom stereocenters. The minimum Gasteiger partial charge on any atom is -0.456 e. The van der Waals surface area contributed by atoms with Crippen LogP contribution in [0.5, 0.6) is 0 Å². The lowest BCUT2D eigenvalue weighted by atomic mass is 9.91. The number of aromatic nitrogens is 2. The predicted molar refractivity (Wildman–Crippen MR) is 246 cm³/mol. The molecule has 0 fully saturated rings. The van der Waals surface area contributed by atoms with Crippen molar-refractivity contribution in [3.05, 3.63) is 194 Å². The van der Waals surface area contributed by atoms with Crippen molar-refractivity contribution >= 4 is 97.1 Å². The van der Waals surface area contributed by atoms with Crippen LogP contribution in [0.3, 0.4) is 0 Å². The van der Waals surface area contributed by atoms with Gasteiger partial charge in [-0.25, -0.2) is 0 Å². The van der Waals surface area contributed by atoms with E-state index in [0.29, 0.717) is 0 Å². The standard InChI is InChI=1S/C54H32N2OS/c1-2-12-35(13-3-1)55-48-19-9-5-15-38(48)44-31-42(33-23-27-54-46(28-33)41-17-7-11-21-53(41)58-54)43(32-50(44)55)34-22-25-39-37-14-4-8-18-47(37)56(49(39)29-34)36-24-26-52-45(30-36)40-16-6-10-20-51(40)57-52/h1-32H. The van der Waals surface area contributed by atoms with Gasteiger partial charge in [0.05, 0.1) is 22.1 Å². The van der Waals surface area contributed by atoms with Crippen molar-refractivity contribution in [3.63, 3.8) is 0 Å². The van der Waals surface area contributed by atoms with Gasteiger partial charge in [0.1, 0.15) is 11.2 Å². The molecule has 13 rings (SSSR count). The van der Waals surface area contributed by atoms with Gasteiger partial charge in [-0.2, -0.15) is 0 Å². The number of furan rings is 1. The third-order valence-corrected chi connectivity index (χ3v) is 13.3. The highest BCUT2D eigenvalue weighted by Gasteiger charge is 2.20. The molecule has 4 heterocycles. The molecule has 9 aromatic carbocycles. The molecule has 0 aliphatic carbocycles. The molecular weight excluding hydrogens is 725 g/mol. The van der Waals surface area contributed by atoms with Gasteiger partial charge < -0.3 is 13.6 Å². The molecule has 0 atom stereocenters. The van der Waals surface area contributed by atoms with Crippen LogP contribution < -0.4 is 0 Å². The van der Waals surface area contributed by atoms with E-state index >= 15 is 0 Å². The van der Waals surface area contributed by atoms with Crippen molar-refractivity contribution in [2.75, 3.05) is 0 Å². The molecule has 4 heteroatoms. The maximum Gasteiger partial charge on any atom is 0.135 e. The van der Waals surface area contributed by atoms with Gasteiger partial charge in [-0.05, 0) is 107 Å². The van der Waals surface area contributed by atoms with Gasteiger partial charge in [-0.1, -0.05) is 109 Å². The quantitative estimate of drug-likeness (QED) is 0.175. The van der Waals surface area contributed by atoms with E-state index in [0.717, 1.165) is 33.3 Å². The second kappa shape index (κ2) is 12.1. The Morgan fingerprint density at radius 2 is 0.897 bits per heavy atom. The molecule has 0 spiro atoms.